The Kier molecular flexibility index (Phi) is 5.28. The van der Waals surface area contributed by atoms with Gasteiger partial charge in [-0.2, -0.15) is 0 Å². The molecule has 100 valence electrons. The molecule has 2 aromatic rings. The second-order valence-corrected chi connectivity index (χ2v) is 6.22. The van der Waals surface area contributed by atoms with Gasteiger partial charge in [-0.15, -0.1) is 0 Å². The molecule has 0 heterocycles. The van der Waals surface area contributed by atoms with Crippen LogP contribution < -0.4 is 11.1 Å². The lowest BCUT2D eigenvalue weighted by Gasteiger charge is -2.21. The molecule has 0 radical (unpaired) electrons. The van der Waals surface area contributed by atoms with Crippen LogP contribution in [0.15, 0.2) is 51.4 Å². The summed E-state index contributed by atoms with van der Waals surface area (Å²) in [7, 11) is 0. The Balaban J connectivity index is 2.28. The molecule has 0 aliphatic rings. The number of rotatable bonds is 4. The third kappa shape index (κ3) is 3.72. The summed E-state index contributed by atoms with van der Waals surface area (Å²) in [6.45, 7) is 0.488. The van der Waals surface area contributed by atoms with Gasteiger partial charge < -0.3 is 11.1 Å². The maximum Gasteiger partial charge on any atom is 0.0647 e. The monoisotopic (exact) mass is 402 g/mol. The predicted molar refractivity (Wildman–Crippen MR) is 88.7 cm³/mol. The lowest BCUT2D eigenvalue weighted by molar-refractivity contribution is 0.785. The number of halogens is 3. The van der Waals surface area contributed by atoms with E-state index in [4.69, 9.17) is 17.3 Å². The van der Waals surface area contributed by atoms with Crippen molar-refractivity contribution in [3.63, 3.8) is 0 Å². The summed E-state index contributed by atoms with van der Waals surface area (Å²) in [6.07, 6.45) is 0. The highest BCUT2D eigenvalue weighted by atomic mass is 79.9. The summed E-state index contributed by atoms with van der Waals surface area (Å²) < 4.78 is 1.97. The predicted octanol–water partition coefficient (Wildman–Crippen LogP) is 4.98. The summed E-state index contributed by atoms with van der Waals surface area (Å²) in [4.78, 5) is 0. The summed E-state index contributed by atoms with van der Waals surface area (Å²) in [6, 6.07) is 13.7. The van der Waals surface area contributed by atoms with E-state index in [0.29, 0.717) is 11.6 Å². The highest BCUT2D eigenvalue weighted by molar-refractivity contribution is 9.11. The third-order valence-corrected chi connectivity index (χ3v) is 4.39. The molecule has 0 aliphatic heterocycles. The van der Waals surface area contributed by atoms with E-state index in [-0.39, 0.29) is 6.04 Å². The third-order valence-electron chi connectivity index (χ3n) is 2.78. The molecular weight excluding hydrogens is 391 g/mol. The SMILES string of the molecule is NCC(Nc1ccccc1Br)c1ccc(Cl)cc1Br. The van der Waals surface area contributed by atoms with Gasteiger partial charge in [0, 0.05) is 26.2 Å². The van der Waals surface area contributed by atoms with Crippen LogP contribution in [0.3, 0.4) is 0 Å². The van der Waals surface area contributed by atoms with Crippen molar-refractivity contribution in [1.82, 2.24) is 0 Å². The number of nitrogens with two attached hydrogens (primary N) is 1. The lowest BCUT2D eigenvalue weighted by Crippen LogP contribution is -2.21. The maximum absolute atomic E-state index is 5.96. The fourth-order valence-corrected chi connectivity index (χ4v) is 3.17. The number of nitrogens with one attached hydrogen (secondary N) is 1. The Morgan fingerprint density at radius 2 is 1.84 bits per heavy atom. The van der Waals surface area contributed by atoms with Crippen LogP contribution in [-0.2, 0) is 0 Å². The first-order valence-electron chi connectivity index (χ1n) is 5.78. The first-order valence-corrected chi connectivity index (χ1v) is 7.74. The molecule has 2 aromatic carbocycles. The van der Waals surface area contributed by atoms with E-state index in [9.17, 15) is 0 Å². The molecule has 0 aromatic heterocycles. The van der Waals surface area contributed by atoms with Gasteiger partial charge in [0.25, 0.3) is 0 Å². The van der Waals surface area contributed by atoms with Gasteiger partial charge in [-0.1, -0.05) is 45.7 Å². The average Bonchev–Trinajstić information content (AvgIpc) is 2.39. The fraction of sp³-hybridized carbons (Fsp3) is 0.143. The van der Waals surface area contributed by atoms with E-state index in [0.717, 1.165) is 20.2 Å². The molecular formula is C14H13Br2ClN2. The Hall–Kier alpha value is -0.550. The van der Waals surface area contributed by atoms with Crippen LogP contribution in [0.1, 0.15) is 11.6 Å². The van der Waals surface area contributed by atoms with Crippen molar-refractivity contribution in [3.8, 4) is 0 Å². The Morgan fingerprint density at radius 1 is 1.11 bits per heavy atom. The quantitative estimate of drug-likeness (QED) is 0.754. The Morgan fingerprint density at radius 3 is 2.47 bits per heavy atom. The van der Waals surface area contributed by atoms with Crippen molar-refractivity contribution in [2.45, 2.75) is 6.04 Å². The van der Waals surface area contributed by atoms with E-state index < -0.39 is 0 Å². The summed E-state index contributed by atoms with van der Waals surface area (Å²) in [5.74, 6) is 0. The Labute approximate surface area is 134 Å². The van der Waals surface area contributed by atoms with Gasteiger partial charge >= 0.3 is 0 Å². The molecule has 2 rings (SSSR count). The molecule has 2 nitrogen and oxygen atoms in total. The van der Waals surface area contributed by atoms with Crippen LogP contribution in [0.25, 0.3) is 0 Å². The van der Waals surface area contributed by atoms with Crippen LogP contribution in [0.5, 0.6) is 0 Å². The topological polar surface area (TPSA) is 38.0 Å². The zero-order valence-electron chi connectivity index (χ0n) is 10.0. The lowest BCUT2D eigenvalue weighted by atomic mass is 10.1. The maximum atomic E-state index is 5.96. The minimum Gasteiger partial charge on any atom is -0.376 e. The first kappa shape index (κ1) is 14.9. The number of hydrogen-bond donors (Lipinski definition) is 2. The Bertz CT molecular complexity index is 575. The standard InChI is InChI=1S/C14H13Br2ClN2/c15-11-3-1-2-4-13(11)19-14(8-18)10-6-5-9(17)7-12(10)16/h1-7,14,19H,8,18H2. The summed E-state index contributed by atoms with van der Waals surface area (Å²) >= 11 is 13.0. The molecule has 3 N–H and O–H groups in total. The molecule has 0 saturated heterocycles. The molecule has 19 heavy (non-hydrogen) atoms. The molecule has 5 heteroatoms. The minimum absolute atomic E-state index is 0.0188. The molecule has 0 spiro atoms. The summed E-state index contributed by atoms with van der Waals surface area (Å²) in [5, 5.41) is 4.13. The van der Waals surface area contributed by atoms with Crippen LogP contribution >= 0.6 is 43.5 Å². The molecule has 0 saturated carbocycles. The first-order chi connectivity index (χ1) is 9.11. The molecule has 1 atom stereocenters. The van der Waals surface area contributed by atoms with Crippen LogP contribution in [-0.4, -0.2) is 6.54 Å². The van der Waals surface area contributed by atoms with Gasteiger partial charge in [0.2, 0.25) is 0 Å². The normalized spacial score (nSPS) is 12.2. The largest absolute Gasteiger partial charge is 0.376 e. The van der Waals surface area contributed by atoms with Gasteiger partial charge in [0.1, 0.15) is 0 Å². The highest BCUT2D eigenvalue weighted by Gasteiger charge is 2.14. The van der Waals surface area contributed by atoms with Crippen molar-refractivity contribution in [2.24, 2.45) is 5.73 Å². The number of hydrogen-bond acceptors (Lipinski definition) is 2. The molecule has 0 aliphatic carbocycles. The van der Waals surface area contributed by atoms with E-state index >= 15 is 0 Å². The van der Waals surface area contributed by atoms with Gasteiger partial charge in [-0.05, 0) is 45.8 Å². The fourth-order valence-electron chi connectivity index (χ4n) is 1.81. The zero-order chi connectivity index (χ0) is 13.8. The van der Waals surface area contributed by atoms with Crippen molar-refractivity contribution in [3.05, 3.63) is 62.0 Å². The van der Waals surface area contributed by atoms with Gasteiger partial charge in [-0.25, -0.2) is 0 Å². The number of para-hydroxylation sites is 1. The van der Waals surface area contributed by atoms with Crippen LogP contribution in [0.4, 0.5) is 5.69 Å². The molecule has 0 amide bonds. The van der Waals surface area contributed by atoms with Crippen molar-refractivity contribution < 1.29 is 0 Å². The van der Waals surface area contributed by atoms with Gasteiger partial charge in [0.05, 0.1) is 6.04 Å². The van der Waals surface area contributed by atoms with Crippen LogP contribution in [0.2, 0.25) is 5.02 Å². The zero-order valence-corrected chi connectivity index (χ0v) is 14.0. The van der Waals surface area contributed by atoms with E-state index in [1.807, 2.05) is 42.5 Å². The second-order valence-electron chi connectivity index (χ2n) is 4.08. The second kappa shape index (κ2) is 6.75. The number of benzene rings is 2. The number of anilines is 1. The van der Waals surface area contributed by atoms with E-state index in [2.05, 4.69) is 37.2 Å². The van der Waals surface area contributed by atoms with Crippen molar-refractivity contribution in [2.75, 3.05) is 11.9 Å². The average molecular weight is 405 g/mol. The van der Waals surface area contributed by atoms with Gasteiger partial charge in [0.15, 0.2) is 0 Å². The molecule has 1 unspecified atom stereocenters. The van der Waals surface area contributed by atoms with Crippen molar-refractivity contribution in [1.29, 1.82) is 0 Å². The smallest absolute Gasteiger partial charge is 0.0647 e. The molecule has 0 bridgehead atoms. The highest BCUT2D eigenvalue weighted by Crippen LogP contribution is 2.30. The van der Waals surface area contributed by atoms with Crippen molar-refractivity contribution >= 4 is 49.1 Å². The van der Waals surface area contributed by atoms with E-state index in [1.165, 1.54) is 0 Å². The van der Waals surface area contributed by atoms with Gasteiger partial charge in [-0.3, -0.25) is 0 Å². The molecule has 0 fully saturated rings. The van der Waals surface area contributed by atoms with Crippen LogP contribution in [0, 0.1) is 0 Å². The summed E-state index contributed by atoms with van der Waals surface area (Å²) in [5.41, 5.74) is 7.98. The van der Waals surface area contributed by atoms with E-state index in [1.54, 1.807) is 0 Å². The minimum atomic E-state index is 0.0188.